The zero-order valence-electron chi connectivity index (χ0n) is 8.12. The SMILES string of the molecule is CC(=O)O[C@@H](C)CC1SCCCS1. The Morgan fingerprint density at radius 2 is 2.15 bits per heavy atom. The van der Waals surface area contributed by atoms with E-state index in [1.54, 1.807) is 0 Å². The maximum absolute atomic E-state index is 10.7. The van der Waals surface area contributed by atoms with Gasteiger partial charge >= 0.3 is 5.97 Å². The van der Waals surface area contributed by atoms with E-state index >= 15 is 0 Å². The number of carbonyl (C=O) groups excluding carboxylic acids is 1. The Kier molecular flexibility index (Phi) is 5.02. The van der Waals surface area contributed by atoms with Crippen LogP contribution in [0.4, 0.5) is 0 Å². The van der Waals surface area contributed by atoms with Gasteiger partial charge in [-0.15, -0.1) is 23.5 Å². The van der Waals surface area contributed by atoms with Crippen molar-refractivity contribution in [2.24, 2.45) is 0 Å². The van der Waals surface area contributed by atoms with Gasteiger partial charge in [0.05, 0.1) is 4.58 Å². The Hall–Kier alpha value is 0.170. The quantitative estimate of drug-likeness (QED) is 0.683. The lowest BCUT2D eigenvalue weighted by atomic mass is 10.3. The summed E-state index contributed by atoms with van der Waals surface area (Å²) in [5, 5.41) is 0. The van der Waals surface area contributed by atoms with Crippen LogP contribution in [0, 0.1) is 0 Å². The minimum Gasteiger partial charge on any atom is -0.463 e. The van der Waals surface area contributed by atoms with Crippen LogP contribution in [0.2, 0.25) is 0 Å². The van der Waals surface area contributed by atoms with Crippen LogP contribution in [-0.4, -0.2) is 28.2 Å². The standard InChI is InChI=1S/C9H16O2S2/c1-7(11-8(2)10)6-9-12-4-3-5-13-9/h7,9H,3-6H2,1-2H3/t7-/m0/s1. The monoisotopic (exact) mass is 220 g/mol. The molecule has 13 heavy (non-hydrogen) atoms. The molecular weight excluding hydrogens is 204 g/mol. The molecule has 0 aromatic carbocycles. The Balaban J connectivity index is 2.18. The molecule has 1 aliphatic rings. The van der Waals surface area contributed by atoms with E-state index in [1.807, 2.05) is 30.4 Å². The Morgan fingerprint density at radius 1 is 1.54 bits per heavy atom. The zero-order chi connectivity index (χ0) is 9.68. The first-order valence-electron chi connectivity index (χ1n) is 4.59. The molecule has 0 aromatic rings. The summed E-state index contributed by atoms with van der Waals surface area (Å²) in [4.78, 5) is 10.7. The molecule has 1 atom stereocenters. The predicted octanol–water partition coefficient (Wildman–Crippen LogP) is 2.52. The molecule has 0 N–H and O–H groups in total. The molecule has 0 saturated carbocycles. The lowest BCUT2D eigenvalue weighted by Gasteiger charge is -2.23. The zero-order valence-corrected chi connectivity index (χ0v) is 9.75. The highest BCUT2D eigenvalue weighted by Crippen LogP contribution is 2.33. The van der Waals surface area contributed by atoms with Gasteiger partial charge in [-0.2, -0.15) is 0 Å². The highest BCUT2D eigenvalue weighted by Gasteiger charge is 2.18. The summed E-state index contributed by atoms with van der Waals surface area (Å²) in [5.41, 5.74) is 0. The Labute approximate surface area is 88.2 Å². The van der Waals surface area contributed by atoms with Crippen LogP contribution in [0.25, 0.3) is 0 Å². The van der Waals surface area contributed by atoms with Crippen LogP contribution in [0.15, 0.2) is 0 Å². The van der Waals surface area contributed by atoms with Crippen molar-refractivity contribution in [2.45, 2.75) is 37.4 Å². The van der Waals surface area contributed by atoms with Crippen LogP contribution in [0.1, 0.15) is 26.7 Å². The minimum absolute atomic E-state index is 0.0700. The number of hydrogen-bond acceptors (Lipinski definition) is 4. The van der Waals surface area contributed by atoms with Gasteiger partial charge in [-0.25, -0.2) is 0 Å². The third-order valence-corrected chi connectivity index (χ3v) is 4.78. The summed E-state index contributed by atoms with van der Waals surface area (Å²) in [6.07, 6.45) is 2.36. The molecule has 0 spiro atoms. The van der Waals surface area contributed by atoms with Crippen molar-refractivity contribution in [3.8, 4) is 0 Å². The minimum atomic E-state index is -0.168. The van der Waals surface area contributed by atoms with Crippen LogP contribution in [0.3, 0.4) is 0 Å². The number of carbonyl (C=O) groups is 1. The Morgan fingerprint density at radius 3 is 2.69 bits per heavy atom. The average molecular weight is 220 g/mol. The van der Waals surface area contributed by atoms with Gasteiger partial charge < -0.3 is 4.74 Å². The summed E-state index contributed by atoms with van der Waals surface area (Å²) in [7, 11) is 0. The topological polar surface area (TPSA) is 26.3 Å². The number of esters is 1. The second-order valence-corrected chi connectivity index (χ2v) is 6.10. The van der Waals surface area contributed by atoms with E-state index in [9.17, 15) is 4.79 Å². The van der Waals surface area contributed by atoms with Crippen molar-refractivity contribution >= 4 is 29.5 Å². The molecule has 1 aliphatic heterocycles. The van der Waals surface area contributed by atoms with Gasteiger partial charge in [-0.05, 0) is 24.9 Å². The van der Waals surface area contributed by atoms with E-state index in [0.29, 0.717) is 4.58 Å². The van der Waals surface area contributed by atoms with E-state index in [2.05, 4.69) is 0 Å². The first kappa shape index (κ1) is 11.2. The van der Waals surface area contributed by atoms with E-state index in [1.165, 1.54) is 24.9 Å². The lowest BCUT2D eigenvalue weighted by molar-refractivity contribution is -0.145. The van der Waals surface area contributed by atoms with Gasteiger partial charge in [0, 0.05) is 13.3 Å². The molecule has 1 rings (SSSR count). The summed E-state index contributed by atoms with van der Waals surface area (Å²) < 4.78 is 5.72. The normalized spacial score (nSPS) is 21.1. The van der Waals surface area contributed by atoms with Gasteiger partial charge in [0.2, 0.25) is 0 Å². The third kappa shape index (κ3) is 4.81. The van der Waals surface area contributed by atoms with Crippen molar-refractivity contribution in [2.75, 3.05) is 11.5 Å². The molecule has 0 aromatic heterocycles. The summed E-state index contributed by atoms with van der Waals surface area (Å²) in [6, 6.07) is 0. The fourth-order valence-corrected chi connectivity index (χ4v) is 4.38. The maximum atomic E-state index is 10.7. The molecule has 1 fully saturated rings. The average Bonchev–Trinajstić information content (AvgIpc) is 2.04. The van der Waals surface area contributed by atoms with Crippen molar-refractivity contribution in [3.63, 3.8) is 0 Å². The molecular formula is C9H16O2S2. The molecule has 4 heteroatoms. The van der Waals surface area contributed by atoms with Crippen molar-refractivity contribution in [3.05, 3.63) is 0 Å². The van der Waals surface area contributed by atoms with Crippen LogP contribution >= 0.6 is 23.5 Å². The second kappa shape index (κ2) is 5.81. The first-order valence-corrected chi connectivity index (χ1v) is 6.68. The molecule has 0 aliphatic carbocycles. The first-order chi connectivity index (χ1) is 6.18. The number of hydrogen-bond donors (Lipinski definition) is 0. The summed E-state index contributed by atoms with van der Waals surface area (Å²) in [5.74, 6) is 2.34. The van der Waals surface area contributed by atoms with Crippen molar-refractivity contribution in [1.82, 2.24) is 0 Å². The van der Waals surface area contributed by atoms with Gasteiger partial charge in [0.15, 0.2) is 0 Å². The number of ether oxygens (including phenoxy) is 1. The van der Waals surface area contributed by atoms with Gasteiger partial charge in [-0.1, -0.05) is 0 Å². The van der Waals surface area contributed by atoms with Crippen molar-refractivity contribution < 1.29 is 9.53 Å². The molecule has 0 amide bonds. The van der Waals surface area contributed by atoms with Crippen LogP contribution in [-0.2, 0) is 9.53 Å². The molecule has 1 saturated heterocycles. The smallest absolute Gasteiger partial charge is 0.302 e. The van der Waals surface area contributed by atoms with E-state index in [-0.39, 0.29) is 12.1 Å². The highest BCUT2D eigenvalue weighted by molar-refractivity contribution is 8.17. The molecule has 2 nitrogen and oxygen atoms in total. The molecule has 1 heterocycles. The fraction of sp³-hybridized carbons (Fsp3) is 0.889. The third-order valence-electron chi connectivity index (χ3n) is 1.79. The molecule has 0 bridgehead atoms. The number of thioether (sulfide) groups is 2. The van der Waals surface area contributed by atoms with Gasteiger partial charge in [0.25, 0.3) is 0 Å². The molecule has 76 valence electrons. The van der Waals surface area contributed by atoms with Crippen LogP contribution in [0.5, 0.6) is 0 Å². The maximum Gasteiger partial charge on any atom is 0.302 e. The summed E-state index contributed by atoms with van der Waals surface area (Å²) >= 11 is 3.98. The van der Waals surface area contributed by atoms with E-state index in [0.717, 1.165) is 6.42 Å². The van der Waals surface area contributed by atoms with Gasteiger partial charge in [-0.3, -0.25) is 4.79 Å². The van der Waals surface area contributed by atoms with Crippen molar-refractivity contribution in [1.29, 1.82) is 0 Å². The van der Waals surface area contributed by atoms with E-state index in [4.69, 9.17) is 4.74 Å². The molecule has 0 radical (unpaired) electrons. The second-order valence-electron chi connectivity index (χ2n) is 3.18. The molecule has 0 unspecified atom stereocenters. The Bertz CT molecular complexity index is 167. The van der Waals surface area contributed by atoms with E-state index < -0.39 is 0 Å². The van der Waals surface area contributed by atoms with Crippen LogP contribution < -0.4 is 0 Å². The highest BCUT2D eigenvalue weighted by atomic mass is 32.2. The predicted molar refractivity (Wildman–Crippen MR) is 59.2 cm³/mol. The van der Waals surface area contributed by atoms with Gasteiger partial charge in [0.1, 0.15) is 6.10 Å². The lowest BCUT2D eigenvalue weighted by Crippen LogP contribution is -2.18. The largest absolute Gasteiger partial charge is 0.463 e. The fourth-order valence-electron chi connectivity index (χ4n) is 1.28. The summed E-state index contributed by atoms with van der Waals surface area (Å²) in [6.45, 7) is 3.44. The number of rotatable bonds is 3.